The van der Waals surface area contributed by atoms with Crippen molar-refractivity contribution in [2.45, 2.75) is 6.92 Å². The normalized spacial score (nSPS) is 10.6. The van der Waals surface area contributed by atoms with Gasteiger partial charge in [0.1, 0.15) is 0 Å². The van der Waals surface area contributed by atoms with E-state index in [1.807, 2.05) is 19.1 Å². The van der Waals surface area contributed by atoms with E-state index in [1.54, 1.807) is 24.4 Å². The summed E-state index contributed by atoms with van der Waals surface area (Å²) < 4.78 is 7.42. The monoisotopic (exact) mass is 437 g/mol. The zero-order valence-corrected chi connectivity index (χ0v) is 14.7. The number of hydrogen-bond acceptors (Lipinski definition) is 6. The number of esters is 1. The number of hydrogen-bond donors (Lipinski definition) is 1. The molecular weight excluding hydrogens is 425 g/mol. The first-order valence-electron chi connectivity index (χ1n) is 6.94. The third-order valence-corrected chi connectivity index (χ3v) is 3.79. The van der Waals surface area contributed by atoms with E-state index >= 15 is 0 Å². The third-order valence-electron chi connectivity index (χ3n) is 3.07. The lowest BCUT2D eigenvalue weighted by molar-refractivity contribution is -0.119. The van der Waals surface area contributed by atoms with Gasteiger partial charge in [-0.25, -0.2) is 14.3 Å². The Hall–Kier alpha value is -2.56. The van der Waals surface area contributed by atoms with E-state index in [9.17, 15) is 9.59 Å². The topological polar surface area (TPSA) is 98.5 Å². The average Bonchev–Trinajstić information content (AvgIpc) is 3.00. The Morgan fingerprint density at radius 2 is 2.00 bits per heavy atom. The molecule has 24 heavy (non-hydrogen) atoms. The average molecular weight is 437 g/mol. The Morgan fingerprint density at radius 1 is 1.25 bits per heavy atom. The number of anilines is 1. The highest BCUT2D eigenvalue weighted by Crippen LogP contribution is 2.11. The number of aryl methyl sites for hydroxylation is 1. The predicted octanol–water partition coefficient (Wildman–Crippen LogP) is 1.83. The quantitative estimate of drug-likeness (QED) is 0.494. The molecule has 8 nitrogen and oxygen atoms in total. The second-order valence-corrected chi connectivity index (χ2v) is 6.11. The molecule has 0 aliphatic heterocycles. The highest BCUT2D eigenvalue weighted by atomic mass is 127. The number of halogens is 1. The van der Waals surface area contributed by atoms with Crippen molar-refractivity contribution in [3.05, 3.63) is 51.6 Å². The fourth-order valence-corrected chi connectivity index (χ4v) is 2.28. The van der Waals surface area contributed by atoms with Crippen LogP contribution in [0.25, 0.3) is 5.78 Å². The molecule has 3 aromatic rings. The zero-order chi connectivity index (χ0) is 17.1. The van der Waals surface area contributed by atoms with E-state index in [0.717, 1.165) is 9.26 Å². The summed E-state index contributed by atoms with van der Waals surface area (Å²) in [7, 11) is 0. The van der Waals surface area contributed by atoms with Crippen LogP contribution >= 0.6 is 22.6 Å². The van der Waals surface area contributed by atoms with Crippen LogP contribution in [0.5, 0.6) is 0 Å². The highest BCUT2D eigenvalue weighted by Gasteiger charge is 2.17. The molecule has 0 atom stereocenters. The number of amides is 1. The van der Waals surface area contributed by atoms with Gasteiger partial charge in [0.05, 0.1) is 0 Å². The molecule has 3 rings (SSSR count). The van der Waals surface area contributed by atoms with Gasteiger partial charge in [0, 0.05) is 21.1 Å². The number of carbonyl (C=O) groups excluding carboxylic acids is 2. The smallest absolute Gasteiger partial charge is 0.378 e. The van der Waals surface area contributed by atoms with Gasteiger partial charge in [-0.2, -0.15) is 4.98 Å². The minimum atomic E-state index is -0.780. The van der Waals surface area contributed by atoms with Crippen molar-refractivity contribution in [1.82, 2.24) is 19.6 Å². The van der Waals surface area contributed by atoms with Crippen molar-refractivity contribution >= 4 is 45.9 Å². The van der Waals surface area contributed by atoms with E-state index in [-0.39, 0.29) is 5.82 Å². The van der Waals surface area contributed by atoms with Crippen LogP contribution in [0, 0.1) is 10.5 Å². The first-order valence-corrected chi connectivity index (χ1v) is 8.02. The Balaban J connectivity index is 1.60. The van der Waals surface area contributed by atoms with Crippen molar-refractivity contribution in [2.24, 2.45) is 0 Å². The fraction of sp³-hybridized carbons (Fsp3) is 0.133. The Kier molecular flexibility index (Phi) is 4.69. The minimum absolute atomic E-state index is 0.140. The maximum absolute atomic E-state index is 12.0. The van der Waals surface area contributed by atoms with Crippen LogP contribution in [-0.2, 0) is 9.53 Å². The summed E-state index contributed by atoms with van der Waals surface area (Å²) in [6.45, 7) is 1.39. The number of carbonyl (C=O) groups is 2. The Morgan fingerprint density at radius 3 is 2.71 bits per heavy atom. The fourth-order valence-electron chi connectivity index (χ4n) is 1.92. The van der Waals surface area contributed by atoms with E-state index in [0.29, 0.717) is 11.5 Å². The Bertz CT molecular complexity index is 907. The zero-order valence-electron chi connectivity index (χ0n) is 12.6. The standard InChI is InChI=1S/C15H12IN5O3/c1-9-6-7-17-15-19-13(20-21(9)15)14(23)24-8-12(22)18-11-4-2-10(16)3-5-11/h2-7H,8H2,1H3,(H,18,22). The van der Waals surface area contributed by atoms with Crippen LogP contribution in [-0.4, -0.2) is 38.1 Å². The molecule has 1 aromatic carbocycles. The van der Waals surface area contributed by atoms with Crippen LogP contribution < -0.4 is 5.32 Å². The first kappa shape index (κ1) is 16.3. The molecule has 1 amide bonds. The summed E-state index contributed by atoms with van der Waals surface area (Å²) in [5.41, 5.74) is 1.41. The molecule has 0 radical (unpaired) electrons. The van der Waals surface area contributed by atoms with Gasteiger partial charge in [0.25, 0.3) is 17.5 Å². The number of nitrogens with zero attached hydrogens (tertiary/aromatic N) is 4. The largest absolute Gasteiger partial charge is 0.450 e. The SMILES string of the molecule is Cc1ccnc2nc(C(=O)OCC(=O)Nc3ccc(I)cc3)nn12. The van der Waals surface area contributed by atoms with Gasteiger partial charge in [-0.3, -0.25) is 4.79 Å². The molecular formula is C15H12IN5O3. The van der Waals surface area contributed by atoms with Crippen molar-refractivity contribution < 1.29 is 14.3 Å². The molecule has 0 saturated heterocycles. The highest BCUT2D eigenvalue weighted by molar-refractivity contribution is 14.1. The lowest BCUT2D eigenvalue weighted by Gasteiger charge is -2.05. The van der Waals surface area contributed by atoms with E-state index in [2.05, 4.69) is 43.0 Å². The summed E-state index contributed by atoms with van der Waals surface area (Å²) in [4.78, 5) is 31.8. The van der Waals surface area contributed by atoms with Gasteiger partial charge >= 0.3 is 5.97 Å². The first-order chi connectivity index (χ1) is 11.5. The van der Waals surface area contributed by atoms with Crippen LogP contribution in [0.15, 0.2) is 36.5 Å². The van der Waals surface area contributed by atoms with Crippen molar-refractivity contribution in [2.75, 3.05) is 11.9 Å². The summed E-state index contributed by atoms with van der Waals surface area (Å²) in [5, 5.41) is 6.65. The predicted molar refractivity (Wildman–Crippen MR) is 93.6 cm³/mol. The molecule has 0 aliphatic carbocycles. The molecule has 0 fully saturated rings. The molecule has 0 unspecified atom stereocenters. The molecule has 2 aromatic heterocycles. The van der Waals surface area contributed by atoms with E-state index in [1.165, 1.54) is 4.52 Å². The van der Waals surface area contributed by atoms with Gasteiger partial charge in [-0.15, -0.1) is 5.10 Å². The number of rotatable bonds is 4. The molecule has 122 valence electrons. The maximum Gasteiger partial charge on any atom is 0.378 e. The molecule has 0 bridgehead atoms. The van der Waals surface area contributed by atoms with Crippen molar-refractivity contribution in [3.63, 3.8) is 0 Å². The molecule has 9 heteroatoms. The molecule has 1 N–H and O–H groups in total. The summed E-state index contributed by atoms with van der Waals surface area (Å²) >= 11 is 2.17. The van der Waals surface area contributed by atoms with Gasteiger partial charge in [0.2, 0.25) is 0 Å². The molecule has 0 saturated carbocycles. The van der Waals surface area contributed by atoms with Crippen LogP contribution in [0.1, 0.15) is 16.3 Å². The van der Waals surface area contributed by atoms with Crippen LogP contribution in [0.3, 0.4) is 0 Å². The van der Waals surface area contributed by atoms with Gasteiger partial charge in [-0.05, 0) is 59.8 Å². The second-order valence-electron chi connectivity index (χ2n) is 4.86. The minimum Gasteiger partial charge on any atom is -0.450 e. The molecule has 0 aliphatic rings. The van der Waals surface area contributed by atoms with Gasteiger partial charge in [0.15, 0.2) is 6.61 Å². The Labute approximate surface area is 150 Å². The number of benzene rings is 1. The van der Waals surface area contributed by atoms with Crippen molar-refractivity contribution in [3.8, 4) is 0 Å². The number of aromatic nitrogens is 4. The van der Waals surface area contributed by atoms with Crippen LogP contribution in [0.4, 0.5) is 5.69 Å². The molecule has 2 heterocycles. The van der Waals surface area contributed by atoms with Gasteiger partial charge in [-0.1, -0.05) is 0 Å². The number of ether oxygens (including phenoxy) is 1. The summed E-state index contributed by atoms with van der Waals surface area (Å²) in [6.07, 6.45) is 1.57. The van der Waals surface area contributed by atoms with E-state index in [4.69, 9.17) is 4.74 Å². The maximum atomic E-state index is 12.0. The summed E-state index contributed by atoms with van der Waals surface area (Å²) in [5.74, 6) is -1.07. The number of nitrogens with one attached hydrogen (secondary N) is 1. The van der Waals surface area contributed by atoms with E-state index < -0.39 is 18.5 Å². The van der Waals surface area contributed by atoms with Crippen LogP contribution in [0.2, 0.25) is 0 Å². The van der Waals surface area contributed by atoms with Crippen molar-refractivity contribution in [1.29, 1.82) is 0 Å². The third kappa shape index (κ3) is 3.67. The lowest BCUT2D eigenvalue weighted by atomic mass is 10.3. The lowest BCUT2D eigenvalue weighted by Crippen LogP contribution is -2.21. The van der Waals surface area contributed by atoms with Gasteiger partial charge < -0.3 is 10.1 Å². The second kappa shape index (κ2) is 6.91. The molecule has 0 spiro atoms. The summed E-state index contributed by atoms with van der Waals surface area (Å²) in [6, 6.07) is 8.99. The number of fused-ring (bicyclic) bond motifs is 1.